The smallest absolute Gasteiger partial charge is 0.195 e. The van der Waals surface area contributed by atoms with Gasteiger partial charge in [0.05, 0.1) is 16.6 Å². The molecule has 2 aromatic carbocycles. The van der Waals surface area contributed by atoms with E-state index >= 15 is 0 Å². The molecule has 2 aliphatic heterocycles. The summed E-state index contributed by atoms with van der Waals surface area (Å²) >= 11 is 1.71. The van der Waals surface area contributed by atoms with Gasteiger partial charge in [0.1, 0.15) is 11.5 Å². The van der Waals surface area contributed by atoms with Crippen molar-refractivity contribution in [2.24, 2.45) is 0 Å². The van der Waals surface area contributed by atoms with E-state index in [0.717, 1.165) is 22.6 Å². The van der Waals surface area contributed by atoms with E-state index in [1.165, 1.54) is 4.88 Å². The molecule has 2 aliphatic rings. The van der Waals surface area contributed by atoms with E-state index in [9.17, 15) is 5.11 Å². The molecule has 0 aliphatic carbocycles. The first-order chi connectivity index (χ1) is 12.3. The first-order valence-corrected chi connectivity index (χ1v) is 9.03. The molecular formula is C20H16N2O2S. The maximum atomic E-state index is 9.59. The van der Waals surface area contributed by atoms with Gasteiger partial charge in [-0.3, -0.25) is 0 Å². The predicted molar refractivity (Wildman–Crippen MR) is 97.9 cm³/mol. The average molecular weight is 348 g/mol. The zero-order valence-corrected chi connectivity index (χ0v) is 14.1. The maximum absolute atomic E-state index is 9.59. The van der Waals surface area contributed by atoms with Crippen molar-refractivity contribution in [2.75, 3.05) is 0 Å². The van der Waals surface area contributed by atoms with Crippen molar-refractivity contribution in [2.45, 2.75) is 12.3 Å². The number of fused-ring (bicyclic) bond motifs is 3. The molecule has 4 nitrogen and oxygen atoms in total. The SMILES string of the molecule is Oc1ccc(C2Oc3ccccc3C3C=C(c4cccs4)NN32)cc1. The van der Waals surface area contributed by atoms with Crippen LogP contribution in [-0.4, -0.2) is 10.1 Å². The number of phenols is 1. The van der Waals surface area contributed by atoms with Gasteiger partial charge in [0.15, 0.2) is 6.23 Å². The van der Waals surface area contributed by atoms with Gasteiger partial charge >= 0.3 is 0 Å². The van der Waals surface area contributed by atoms with Crippen molar-refractivity contribution in [1.29, 1.82) is 0 Å². The molecule has 1 aromatic heterocycles. The molecule has 3 heterocycles. The Hall–Kier alpha value is -2.76. The largest absolute Gasteiger partial charge is 0.508 e. The summed E-state index contributed by atoms with van der Waals surface area (Å²) in [5, 5.41) is 13.8. The minimum absolute atomic E-state index is 0.0980. The fraction of sp³-hybridized carbons (Fsp3) is 0.100. The number of benzene rings is 2. The molecule has 0 fully saturated rings. The number of para-hydroxylation sites is 1. The summed E-state index contributed by atoms with van der Waals surface area (Å²) in [5.74, 6) is 1.15. The van der Waals surface area contributed by atoms with Gasteiger partial charge in [0.2, 0.25) is 0 Å². The number of phenolic OH excluding ortho intramolecular Hbond substituents is 1. The highest BCUT2D eigenvalue weighted by Crippen LogP contribution is 2.46. The molecule has 3 aromatic rings. The van der Waals surface area contributed by atoms with Crippen LogP contribution in [0, 0.1) is 0 Å². The van der Waals surface area contributed by atoms with Crippen molar-refractivity contribution >= 4 is 17.0 Å². The van der Waals surface area contributed by atoms with Crippen molar-refractivity contribution in [3.05, 3.63) is 88.1 Å². The van der Waals surface area contributed by atoms with Crippen LogP contribution in [0.3, 0.4) is 0 Å². The Balaban J connectivity index is 1.59. The van der Waals surface area contributed by atoms with E-state index in [2.05, 4.69) is 40.1 Å². The molecule has 0 amide bonds. The molecule has 0 spiro atoms. The minimum Gasteiger partial charge on any atom is -0.508 e. The van der Waals surface area contributed by atoms with Crippen LogP contribution >= 0.6 is 11.3 Å². The van der Waals surface area contributed by atoms with Crippen LogP contribution in [0.1, 0.15) is 28.3 Å². The standard InChI is InChI=1S/C20H16N2O2S/c23-14-9-7-13(8-10-14)20-22-17(15-4-1-2-5-18(15)24-20)12-16(21-22)19-6-3-11-25-19/h1-12,17,20-21,23H. The Morgan fingerprint density at radius 1 is 1.00 bits per heavy atom. The number of hydrogen-bond donors (Lipinski definition) is 2. The Morgan fingerprint density at radius 3 is 2.64 bits per heavy atom. The molecule has 2 unspecified atom stereocenters. The molecule has 5 heteroatoms. The van der Waals surface area contributed by atoms with Crippen LogP contribution in [0.2, 0.25) is 0 Å². The first kappa shape index (κ1) is 14.6. The lowest BCUT2D eigenvalue weighted by Crippen LogP contribution is -2.42. The predicted octanol–water partition coefficient (Wildman–Crippen LogP) is 4.45. The number of hydrazine groups is 1. The van der Waals surface area contributed by atoms with E-state index in [0.29, 0.717) is 0 Å². The molecule has 2 atom stereocenters. The Kier molecular flexibility index (Phi) is 3.29. The number of thiophene rings is 1. The molecule has 124 valence electrons. The van der Waals surface area contributed by atoms with Gasteiger partial charge in [-0.2, -0.15) is 5.01 Å². The highest BCUT2D eigenvalue weighted by Gasteiger charge is 2.40. The van der Waals surface area contributed by atoms with Crippen LogP contribution in [0.4, 0.5) is 0 Å². The van der Waals surface area contributed by atoms with Gasteiger partial charge in [0, 0.05) is 11.1 Å². The zero-order chi connectivity index (χ0) is 16.8. The summed E-state index contributed by atoms with van der Waals surface area (Å²) in [7, 11) is 0. The summed E-state index contributed by atoms with van der Waals surface area (Å²) in [5.41, 5.74) is 6.76. The topological polar surface area (TPSA) is 44.7 Å². The lowest BCUT2D eigenvalue weighted by molar-refractivity contribution is -0.0326. The van der Waals surface area contributed by atoms with Gasteiger partial charge in [-0.05, 0) is 35.7 Å². The van der Waals surface area contributed by atoms with Crippen LogP contribution in [0.5, 0.6) is 11.5 Å². The molecule has 2 N–H and O–H groups in total. The van der Waals surface area contributed by atoms with Gasteiger partial charge < -0.3 is 15.3 Å². The van der Waals surface area contributed by atoms with Gasteiger partial charge in [-0.25, -0.2) is 0 Å². The van der Waals surface area contributed by atoms with Crippen molar-refractivity contribution in [3.8, 4) is 11.5 Å². The molecular weight excluding hydrogens is 332 g/mol. The zero-order valence-electron chi connectivity index (χ0n) is 13.3. The monoisotopic (exact) mass is 348 g/mol. The Morgan fingerprint density at radius 2 is 1.84 bits per heavy atom. The Labute approximate surface area is 149 Å². The average Bonchev–Trinajstić information content (AvgIpc) is 3.31. The minimum atomic E-state index is -0.269. The van der Waals surface area contributed by atoms with E-state index in [1.54, 1.807) is 23.5 Å². The normalized spacial score (nSPS) is 21.7. The highest BCUT2D eigenvalue weighted by atomic mass is 32.1. The number of rotatable bonds is 2. The summed E-state index contributed by atoms with van der Waals surface area (Å²) in [6.07, 6.45) is 1.98. The second kappa shape index (κ2) is 5.65. The summed E-state index contributed by atoms with van der Waals surface area (Å²) in [4.78, 5) is 1.20. The Bertz CT molecular complexity index is 935. The first-order valence-electron chi connectivity index (χ1n) is 8.15. The third-order valence-corrected chi connectivity index (χ3v) is 5.47. The van der Waals surface area contributed by atoms with E-state index in [4.69, 9.17) is 4.74 Å². The van der Waals surface area contributed by atoms with Crippen LogP contribution in [0.15, 0.2) is 72.1 Å². The van der Waals surface area contributed by atoms with E-state index < -0.39 is 0 Å². The van der Waals surface area contributed by atoms with Gasteiger partial charge in [-0.1, -0.05) is 36.4 Å². The lowest BCUT2D eigenvalue weighted by atomic mass is 10.0. The maximum Gasteiger partial charge on any atom is 0.195 e. The van der Waals surface area contributed by atoms with Crippen molar-refractivity contribution < 1.29 is 9.84 Å². The number of nitrogens with one attached hydrogen (secondary N) is 1. The third kappa shape index (κ3) is 2.40. The number of hydrogen-bond acceptors (Lipinski definition) is 5. The molecule has 5 rings (SSSR count). The van der Waals surface area contributed by atoms with E-state index in [1.807, 2.05) is 30.3 Å². The fourth-order valence-corrected chi connectivity index (χ4v) is 4.08. The fourth-order valence-electron chi connectivity index (χ4n) is 3.37. The number of aromatic hydroxyl groups is 1. The van der Waals surface area contributed by atoms with Crippen molar-refractivity contribution in [3.63, 3.8) is 0 Å². The second-order valence-corrected chi connectivity index (χ2v) is 7.07. The van der Waals surface area contributed by atoms with Crippen LogP contribution < -0.4 is 10.2 Å². The highest BCUT2D eigenvalue weighted by molar-refractivity contribution is 7.11. The van der Waals surface area contributed by atoms with Gasteiger partial charge in [0.25, 0.3) is 0 Å². The molecule has 0 bridgehead atoms. The molecule has 0 radical (unpaired) electrons. The summed E-state index contributed by atoms with van der Waals surface area (Å²) < 4.78 is 6.29. The van der Waals surface area contributed by atoms with Gasteiger partial charge in [-0.15, -0.1) is 11.3 Å². The summed E-state index contributed by atoms with van der Waals surface area (Å²) in [6, 6.07) is 19.6. The van der Waals surface area contributed by atoms with Crippen LogP contribution in [0.25, 0.3) is 5.70 Å². The molecule has 0 saturated carbocycles. The molecule has 0 saturated heterocycles. The quantitative estimate of drug-likeness (QED) is 0.718. The lowest BCUT2D eigenvalue weighted by Gasteiger charge is -2.38. The van der Waals surface area contributed by atoms with Crippen LogP contribution in [-0.2, 0) is 0 Å². The summed E-state index contributed by atoms with van der Waals surface area (Å²) in [6.45, 7) is 0. The molecule has 25 heavy (non-hydrogen) atoms. The van der Waals surface area contributed by atoms with Crippen molar-refractivity contribution in [1.82, 2.24) is 10.4 Å². The second-order valence-electron chi connectivity index (χ2n) is 6.12. The van der Waals surface area contributed by atoms with E-state index in [-0.39, 0.29) is 18.0 Å². The number of nitrogens with zero attached hydrogens (tertiary/aromatic N) is 1. The number of ether oxygens (including phenoxy) is 1. The third-order valence-electron chi connectivity index (χ3n) is 4.57.